The Morgan fingerprint density at radius 2 is 1.97 bits per heavy atom. The quantitative estimate of drug-likeness (QED) is 0.434. The summed E-state index contributed by atoms with van der Waals surface area (Å²) < 4.78 is 28.2. The molecule has 7 heteroatoms. The van der Waals surface area contributed by atoms with Crippen molar-refractivity contribution in [2.75, 3.05) is 4.90 Å². The van der Waals surface area contributed by atoms with Gasteiger partial charge in [-0.3, -0.25) is 14.7 Å². The molecule has 0 unspecified atom stereocenters. The first kappa shape index (κ1) is 20.1. The Morgan fingerprint density at radius 3 is 2.70 bits per heavy atom. The van der Waals surface area contributed by atoms with E-state index < -0.39 is 11.6 Å². The topological polar surface area (TPSA) is 46.1 Å². The lowest BCUT2D eigenvalue weighted by Crippen LogP contribution is -2.32. The highest BCUT2D eigenvalue weighted by Crippen LogP contribution is 2.32. The third-order valence-corrected chi connectivity index (χ3v) is 5.86. The SMILES string of the molecule is Cc1ccc(CC(=O)N(Cc2cccnc2)c2nc3c(F)cc(F)cc3s2)c(C)c1. The normalized spacial score (nSPS) is 11.1. The second kappa shape index (κ2) is 8.28. The summed E-state index contributed by atoms with van der Waals surface area (Å²) in [6, 6.07) is 11.6. The van der Waals surface area contributed by atoms with E-state index in [1.54, 1.807) is 18.5 Å². The van der Waals surface area contributed by atoms with Gasteiger partial charge in [-0.05, 0) is 42.7 Å². The molecular formula is C23H19F2N3OS. The first-order valence-corrected chi connectivity index (χ1v) is 10.2. The zero-order valence-electron chi connectivity index (χ0n) is 16.5. The summed E-state index contributed by atoms with van der Waals surface area (Å²) in [6.45, 7) is 4.21. The van der Waals surface area contributed by atoms with Crippen LogP contribution in [0.25, 0.3) is 10.2 Å². The van der Waals surface area contributed by atoms with Crippen LogP contribution in [0.3, 0.4) is 0 Å². The van der Waals surface area contributed by atoms with Crippen LogP contribution in [0, 0.1) is 25.5 Å². The molecule has 1 amide bonds. The average Bonchev–Trinajstić information content (AvgIpc) is 3.13. The van der Waals surface area contributed by atoms with Gasteiger partial charge in [-0.1, -0.05) is 41.2 Å². The maximum atomic E-state index is 14.2. The van der Waals surface area contributed by atoms with Crippen molar-refractivity contribution in [3.05, 3.63) is 88.7 Å². The molecule has 0 aliphatic carbocycles. The zero-order valence-corrected chi connectivity index (χ0v) is 17.3. The van der Waals surface area contributed by atoms with Gasteiger partial charge < -0.3 is 0 Å². The van der Waals surface area contributed by atoms with Crippen LogP contribution < -0.4 is 4.90 Å². The molecule has 0 saturated carbocycles. The first-order chi connectivity index (χ1) is 14.4. The maximum absolute atomic E-state index is 14.2. The van der Waals surface area contributed by atoms with E-state index in [0.29, 0.717) is 9.83 Å². The molecule has 152 valence electrons. The lowest BCUT2D eigenvalue weighted by Gasteiger charge is -2.20. The van der Waals surface area contributed by atoms with Gasteiger partial charge in [-0.15, -0.1) is 0 Å². The van der Waals surface area contributed by atoms with Crippen LogP contribution in [0.2, 0.25) is 0 Å². The molecule has 2 aromatic carbocycles. The van der Waals surface area contributed by atoms with Gasteiger partial charge in [0.25, 0.3) is 0 Å². The fraction of sp³-hybridized carbons (Fsp3) is 0.174. The van der Waals surface area contributed by atoms with Crippen molar-refractivity contribution in [1.29, 1.82) is 0 Å². The van der Waals surface area contributed by atoms with E-state index in [1.807, 2.05) is 38.1 Å². The molecule has 4 nitrogen and oxygen atoms in total. The van der Waals surface area contributed by atoms with E-state index in [9.17, 15) is 13.6 Å². The van der Waals surface area contributed by atoms with E-state index in [1.165, 1.54) is 11.0 Å². The van der Waals surface area contributed by atoms with Crippen molar-refractivity contribution in [3.63, 3.8) is 0 Å². The number of aryl methyl sites for hydroxylation is 2. The highest BCUT2D eigenvalue weighted by molar-refractivity contribution is 7.22. The maximum Gasteiger partial charge on any atom is 0.233 e. The summed E-state index contributed by atoms with van der Waals surface area (Å²) in [5.41, 5.74) is 3.95. The van der Waals surface area contributed by atoms with Crippen molar-refractivity contribution in [1.82, 2.24) is 9.97 Å². The van der Waals surface area contributed by atoms with Gasteiger partial charge >= 0.3 is 0 Å². The lowest BCUT2D eigenvalue weighted by molar-refractivity contribution is -0.118. The molecule has 0 radical (unpaired) electrons. The molecule has 0 saturated heterocycles. The minimum atomic E-state index is -0.740. The lowest BCUT2D eigenvalue weighted by atomic mass is 10.0. The van der Waals surface area contributed by atoms with E-state index in [0.717, 1.165) is 39.7 Å². The predicted octanol–water partition coefficient (Wildman–Crippen LogP) is 5.36. The van der Waals surface area contributed by atoms with Crippen molar-refractivity contribution >= 4 is 32.6 Å². The van der Waals surface area contributed by atoms with Gasteiger partial charge in [0, 0.05) is 18.5 Å². The summed E-state index contributed by atoms with van der Waals surface area (Å²) in [5, 5.41) is 0.327. The summed E-state index contributed by atoms with van der Waals surface area (Å²) in [6.07, 6.45) is 3.51. The van der Waals surface area contributed by atoms with Crippen LogP contribution in [0.4, 0.5) is 13.9 Å². The van der Waals surface area contributed by atoms with Crippen LogP contribution in [-0.2, 0) is 17.8 Å². The molecular weight excluding hydrogens is 404 g/mol. The Bertz CT molecular complexity index is 1220. The molecule has 0 atom stereocenters. The largest absolute Gasteiger partial charge is 0.283 e. The highest BCUT2D eigenvalue weighted by atomic mass is 32.1. The molecule has 2 aromatic heterocycles. The molecule has 0 aliphatic rings. The number of amides is 1. The van der Waals surface area contributed by atoms with Crippen molar-refractivity contribution < 1.29 is 13.6 Å². The molecule has 2 heterocycles. The number of anilines is 1. The number of rotatable bonds is 5. The molecule has 4 aromatic rings. The number of aromatic nitrogens is 2. The number of thiazole rings is 1. The van der Waals surface area contributed by atoms with Gasteiger partial charge in [0.15, 0.2) is 10.9 Å². The van der Waals surface area contributed by atoms with Gasteiger partial charge in [0.05, 0.1) is 17.7 Å². The van der Waals surface area contributed by atoms with Crippen LogP contribution in [0.15, 0.2) is 54.9 Å². The van der Waals surface area contributed by atoms with E-state index in [2.05, 4.69) is 9.97 Å². The second-order valence-corrected chi connectivity index (χ2v) is 8.19. The first-order valence-electron chi connectivity index (χ1n) is 9.41. The third kappa shape index (κ3) is 4.21. The number of fused-ring (bicyclic) bond motifs is 1. The minimum absolute atomic E-state index is 0.0619. The van der Waals surface area contributed by atoms with Crippen LogP contribution in [0.5, 0.6) is 0 Å². The second-order valence-electron chi connectivity index (χ2n) is 7.18. The smallest absolute Gasteiger partial charge is 0.233 e. The molecule has 30 heavy (non-hydrogen) atoms. The Balaban J connectivity index is 1.72. The van der Waals surface area contributed by atoms with E-state index in [-0.39, 0.29) is 24.4 Å². The van der Waals surface area contributed by atoms with Crippen LogP contribution in [0.1, 0.15) is 22.3 Å². The minimum Gasteiger partial charge on any atom is -0.283 e. The number of benzene rings is 2. The van der Waals surface area contributed by atoms with Crippen molar-refractivity contribution in [2.24, 2.45) is 0 Å². The number of carbonyl (C=O) groups is 1. The molecule has 0 spiro atoms. The summed E-state index contributed by atoms with van der Waals surface area (Å²) in [4.78, 5) is 23.2. The van der Waals surface area contributed by atoms with Gasteiger partial charge in [0.2, 0.25) is 5.91 Å². The Kier molecular flexibility index (Phi) is 5.55. The van der Waals surface area contributed by atoms with Gasteiger partial charge in [-0.2, -0.15) is 0 Å². The molecule has 0 bridgehead atoms. The molecule has 4 rings (SSSR count). The van der Waals surface area contributed by atoms with E-state index in [4.69, 9.17) is 0 Å². The monoisotopic (exact) mass is 423 g/mol. The average molecular weight is 423 g/mol. The summed E-state index contributed by atoms with van der Waals surface area (Å²) in [7, 11) is 0. The standard InChI is InChI=1S/C23H19F2N3OS/c1-14-5-6-17(15(2)8-14)9-21(29)28(13-16-4-3-7-26-12-16)23-27-22-19(25)10-18(24)11-20(22)30-23/h3-8,10-12H,9,13H2,1-2H3. The number of pyridine rings is 1. The number of hydrogen-bond donors (Lipinski definition) is 0. The Hall–Kier alpha value is -3.19. The van der Waals surface area contributed by atoms with Gasteiger partial charge in [0.1, 0.15) is 11.3 Å². The third-order valence-electron chi connectivity index (χ3n) is 4.84. The Labute approximate surface area is 176 Å². The molecule has 0 fully saturated rings. The Morgan fingerprint density at radius 1 is 1.13 bits per heavy atom. The van der Waals surface area contributed by atoms with Crippen molar-refractivity contribution in [2.45, 2.75) is 26.8 Å². The van der Waals surface area contributed by atoms with Crippen molar-refractivity contribution in [3.8, 4) is 0 Å². The van der Waals surface area contributed by atoms with E-state index >= 15 is 0 Å². The van der Waals surface area contributed by atoms with Gasteiger partial charge in [-0.25, -0.2) is 13.8 Å². The van der Waals surface area contributed by atoms with Crippen LogP contribution >= 0.6 is 11.3 Å². The predicted molar refractivity (Wildman–Crippen MR) is 115 cm³/mol. The highest BCUT2D eigenvalue weighted by Gasteiger charge is 2.22. The molecule has 0 N–H and O–H groups in total. The number of carbonyl (C=O) groups excluding carboxylic acids is 1. The number of hydrogen-bond acceptors (Lipinski definition) is 4. The molecule has 0 aliphatic heterocycles. The summed E-state index contributed by atoms with van der Waals surface area (Å²) >= 11 is 1.09. The number of nitrogens with zero attached hydrogens (tertiary/aromatic N) is 3. The fourth-order valence-corrected chi connectivity index (χ4v) is 4.32. The fourth-order valence-electron chi connectivity index (χ4n) is 3.30. The van der Waals surface area contributed by atoms with Crippen LogP contribution in [-0.4, -0.2) is 15.9 Å². The zero-order chi connectivity index (χ0) is 21.3. The number of halogens is 2. The summed E-state index contributed by atoms with van der Waals surface area (Å²) in [5.74, 6) is -1.59.